The Balaban J connectivity index is 0.00000529. The van der Waals surface area contributed by atoms with E-state index in [1.807, 2.05) is 19.1 Å². The third-order valence-electron chi connectivity index (χ3n) is 3.37. The van der Waals surface area contributed by atoms with Gasteiger partial charge in [0.15, 0.2) is 5.96 Å². The lowest BCUT2D eigenvalue weighted by molar-refractivity contribution is 0.582. The molecule has 1 aromatic carbocycles. The number of nitrogens with one attached hydrogen (secondary N) is 3. The van der Waals surface area contributed by atoms with Gasteiger partial charge in [0.2, 0.25) is 10.0 Å². The Bertz CT molecular complexity index is 606. The molecule has 1 aromatic rings. The van der Waals surface area contributed by atoms with E-state index < -0.39 is 10.0 Å². The van der Waals surface area contributed by atoms with Gasteiger partial charge in [0, 0.05) is 19.6 Å². The van der Waals surface area contributed by atoms with Gasteiger partial charge in [0.05, 0.1) is 12.3 Å². The van der Waals surface area contributed by atoms with Gasteiger partial charge < -0.3 is 10.6 Å². The molecule has 0 heterocycles. The maximum atomic E-state index is 11.4. The van der Waals surface area contributed by atoms with Crippen molar-refractivity contribution in [1.29, 1.82) is 0 Å². The fraction of sp³-hybridized carbons (Fsp3) is 0.562. The molecule has 1 rings (SSSR count). The van der Waals surface area contributed by atoms with Crippen molar-refractivity contribution in [2.24, 2.45) is 4.99 Å². The first-order valence-corrected chi connectivity index (χ1v) is 9.73. The second kappa shape index (κ2) is 12.5. The van der Waals surface area contributed by atoms with Crippen LogP contribution in [0, 0.1) is 0 Å². The Morgan fingerprint density at radius 1 is 1.04 bits per heavy atom. The smallest absolute Gasteiger partial charge is 0.211 e. The lowest BCUT2D eigenvalue weighted by Crippen LogP contribution is -2.41. The molecule has 0 aliphatic rings. The highest BCUT2D eigenvalue weighted by Crippen LogP contribution is 2.10. The molecular formula is C16H29IN4O2S. The average molecular weight is 468 g/mol. The van der Waals surface area contributed by atoms with Gasteiger partial charge in [-0.3, -0.25) is 0 Å². The van der Waals surface area contributed by atoms with Gasteiger partial charge in [0.1, 0.15) is 0 Å². The van der Waals surface area contributed by atoms with E-state index in [4.69, 9.17) is 0 Å². The van der Waals surface area contributed by atoms with E-state index in [9.17, 15) is 8.42 Å². The number of nitrogens with zero attached hydrogens (tertiary/aromatic N) is 1. The number of hydrogen-bond donors (Lipinski definition) is 3. The summed E-state index contributed by atoms with van der Waals surface area (Å²) in [5, 5.41) is 6.30. The van der Waals surface area contributed by atoms with Crippen LogP contribution < -0.4 is 15.4 Å². The van der Waals surface area contributed by atoms with Crippen LogP contribution in [0.4, 0.5) is 0 Å². The summed E-state index contributed by atoms with van der Waals surface area (Å²) in [5.41, 5.74) is 2.50. The number of rotatable bonds is 9. The van der Waals surface area contributed by atoms with Gasteiger partial charge in [-0.25, -0.2) is 18.1 Å². The summed E-state index contributed by atoms with van der Waals surface area (Å²) in [7, 11) is -3.14. The van der Waals surface area contributed by atoms with Crippen LogP contribution in [-0.4, -0.2) is 39.8 Å². The molecule has 138 valence electrons. The highest BCUT2D eigenvalue weighted by molar-refractivity contribution is 14.0. The Kier molecular flexibility index (Phi) is 12.0. The Morgan fingerprint density at radius 3 is 2.29 bits per heavy atom. The minimum Gasteiger partial charge on any atom is -0.357 e. The summed E-state index contributed by atoms with van der Waals surface area (Å²) in [5.74, 6) is 0.781. The third kappa shape index (κ3) is 8.84. The van der Waals surface area contributed by atoms with Gasteiger partial charge in [0.25, 0.3) is 0 Å². The van der Waals surface area contributed by atoms with Gasteiger partial charge in [-0.05, 0) is 31.4 Å². The first-order chi connectivity index (χ1) is 11.0. The average Bonchev–Trinajstić information content (AvgIpc) is 2.56. The molecule has 0 saturated carbocycles. The summed E-state index contributed by atoms with van der Waals surface area (Å²) < 4.78 is 25.3. The Labute approximate surface area is 163 Å². The monoisotopic (exact) mass is 468 g/mol. The molecule has 0 aromatic heterocycles. The molecule has 0 radical (unpaired) electrons. The Morgan fingerprint density at radius 2 is 1.71 bits per heavy atom. The maximum Gasteiger partial charge on any atom is 0.211 e. The first kappa shape index (κ1) is 23.1. The number of hydrogen-bond acceptors (Lipinski definition) is 3. The zero-order valence-corrected chi connectivity index (χ0v) is 17.8. The second-order valence-electron chi connectivity index (χ2n) is 5.04. The zero-order valence-electron chi connectivity index (χ0n) is 14.6. The molecule has 0 fully saturated rings. The lowest BCUT2D eigenvalue weighted by Gasteiger charge is -2.12. The van der Waals surface area contributed by atoms with Crippen LogP contribution >= 0.6 is 24.0 Å². The predicted octanol–water partition coefficient (Wildman–Crippen LogP) is 1.86. The second-order valence-corrected chi connectivity index (χ2v) is 7.14. The topological polar surface area (TPSA) is 82.6 Å². The van der Waals surface area contributed by atoms with Gasteiger partial charge in [-0.15, -0.1) is 24.0 Å². The summed E-state index contributed by atoms with van der Waals surface area (Å²) in [6, 6.07) is 8.26. The molecule has 0 spiro atoms. The van der Waals surface area contributed by atoms with E-state index in [-0.39, 0.29) is 29.7 Å². The zero-order chi connectivity index (χ0) is 17.1. The molecule has 0 unspecified atom stereocenters. The normalized spacial score (nSPS) is 11.7. The van der Waals surface area contributed by atoms with Crippen LogP contribution in [0.15, 0.2) is 29.3 Å². The van der Waals surface area contributed by atoms with E-state index in [1.54, 1.807) is 6.92 Å². The largest absolute Gasteiger partial charge is 0.357 e. The highest BCUT2D eigenvalue weighted by Gasteiger charge is 2.05. The maximum absolute atomic E-state index is 11.4. The van der Waals surface area contributed by atoms with E-state index >= 15 is 0 Å². The molecule has 0 aliphatic carbocycles. The van der Waals surface area contributed by atoms with Crippen LogP contribution in [0.25, 0.3) is 0 Å². The van der Waals surface area contributed by atoms with Crippen LogP contribution in [0.1, 0.15) is 31.9 Å². The van der Waals surface area contributed by atoms with Crippen molar-refractivity contribution in [1.82, 2.24) is 15.4 Å². The van der Waals surface area contributed by atoms with Crippen molar-refractivity contribution in [3.63, 3.8) is 0 Å². The van der Waals surface area contributed by atoms with Crippen molar-refractivity contribution >= 4 is 40.0 Å². The van der Waals surface area contributed by atoms with Gasteiger partial charge in [-0.1, -0.05) is 31.2 Å². The molecule has 0 amide bonds. The standard InChI is InChI=1S/C16H28N4O2S.HI/c1-4-14-9-7-8-10-15(14)13-19-16(17-5-2)18-11-12-20-23(21,22)6-3;/h7-10,20H,4-6,11-13H2,1-3H3,(H2,17,18,19);1H. The number of benzene rings is 1. The van der Waals surface area contributed by atoms with Crippen molar-refractivity contribution in [2.75, 3.05) is 25.4 Å². The molecule has 0 atom stereocenters. The number of aryl methyl sites for hydroxylation is 1. The molecule has 0 bridgehead atoms. The SMILES string of the molecule is CCNC(=NCc1ccccc1CC)NCCNS(=O)(=O)CC.I. The van der Waals surface area contributed by atoms with E-state index in [0.29, 0.717) is 25.6 Å². The van der Waals surface area contributed by atoms with Crippen molar-refractivity contribution in [3.05, 3.63) is 35.4 Å². The van der Waals surface area contributed by atoms with Crippen molar-refractivity contribution < 1.29 is 8.42 Å². The summed E-state index contributed by atoms with van der Waals surface area (Å²) in [4.78, 5) is 4.56. The van der Waals surface area contributed by atoms with Crippen LogP contribution in [0.3, 0.4) is 0 Å². The number of aliphatic imine (C=N–C) groups is 1. The number of guanidine groups is 1. The molecule has 0 aliphatic heterocycles. The molecular weight excluding hydrogens is 439 g/mol. The molecule has 24 heavy (non-hydrogen) atoms. The van der Waals surface area contributed by atoms with Crippen LogP contribution in [-0.2, 0) is 23.0 Å². The molecule has 0 saturated heterocycles. The summed E-state index contributed by atoms with van der Waals surface area (Å²) >= 11 is 0. The minimum atomic E-state index is -3.14. The van der Waals surface area contributed by atoms with E-state index in [0.717, 1.165) is 13.0 Å². The van der Waals surface area contributed by atoms with E-state index in [2.05, 4.69) is 39.4 Å². The quantitative estimate of drug-likeness (QED) is 0.224. The minimum absolute atomic E-state index is 0. The number of halogens is 1. The summed E-state index contributed by atoms with van der Waals surface area (Å²) in [6.45, 7) is 7.92. The first-order valence-electron chi connectivity index (χ1n) is 8.08. The van der Waals surface area contributed by atoms with Crippen LogP contribution in [0.5, 0.6) is 0 Å². The molecule has 8 heteroatoms. The van der Waals surface area contributed by atoms with Gasteiger partial charge in [-0.2, -0.15) is 0 Å². The van der Waals surface area contributed by atoms with Crippen LogP contribution in [0.2, 0.25) is 0 Å². The highest BCUT2D eigenvalue weighted by atomic mass is 127. The van der Waals surface area contributed by atoms with Crippen molar-refractivity contribution in [2.45, 2.75) is 33.7 Å². The lowest BCUT2D eigenvalue weighted by atomic mass is 10.1. The fourth-order valence-corrected chi connectivity index (χ4v) is 2.67. The van der Waals surface area contributed by atoms with E-state index in [1.165, 1.54) is 11.1 Å². The number of sulfonamides is 1. The van der Waals surface area contributed by atoms with Crippen molar-refractivity contribution in [3.8, 4) is 0 Å². The fourth-order valence-electron chi connectivity index (χ4n) is 2.05. The third-order valence-corrected chi connectivity index (χ3v) is 4.77. The summed E-state index contributed by atoms with van der Waals surface area (Å²) in [6.07, 6.45) is 0.981. The Hall–Kier alpha value is -0.870. The molecule has 3 N–H and O–H groups in total. The van der Waals surface area contributed by atoms with Gasteiger partial charge >= 0.3 is 0 Å². The predicted molar refractivity (Wildman–Crippen MR) is 112 cm³/mol. The molecule has 6 nitrogen and oxygen atoms in total.